The molecule has 1 saturated heterocycles. The largest absolute Gasteiger partial charge is 0.461 e. The van der Waals surface area contributed by atoms with Crippen LogP contribution in [-0.4, -0.2) is 18.6 Å². The van der Waals surface area contributed by atoms with Crippen LogP contribution in [0.25, 0.3) is 0 Å². The van der Waals surface area contributed by atoms with Gasteiger partial charge in [-0.2, -0.15) is 0 Å². The third-order valence-corrected chi connectivity index (χ3v) is 3.29. The van der Waals surface area contributed by atoms with E-state index in [2.05, 4.69) is 5.32 Å². The average Bonchev–Trinajstić information content (AvgIpc) is 2.81. The zero-order valence-electron chi connectivity index (χ0n) is 9.62. The lowest BCUT2D eigenvalue weighted by Crippen LogP contribution is -2.25. The van der Waals surface area contributed by atoms with E-state index in [1.165, 1.54) is 0 Å². The van der Waals surface area contributed by atoms with Gasteiger partial charge in [0.25, 0.3) is 0 Å². The van der Waals surface area contributed by atoms with E-state index in [1.54, 1.807) is 6.07 Å². The van der Waals surface area contributed by atoms with Gasteiger partial charge in [-0.15, -0.1) is 0 Å². The molecule has 0 aromatic heterocycles. The minimum atomic E-state index is -0.163. The zero-order chi connectivity index (χ0) is 12.1. The van der Waals surface area contributed by atoms with E-state index >= 15 is 0 Å². The first-order chi connectivity index (χ1) is 8.25. The van der Waals surface area contributed by atoms with Gasteiger partial charge in [0.05, 0.1) is 6.42 Å². The highest BCUT2D eigenvalue weighted by Gasteiger charge is 2.18. The van der Waals surface area contributed by atoms with Crippen LogP contribution >= 0.6 is 11.6 Å². The number of carbonyl (C=O) groups excluding carboxylic acids is 1. The van der Waals surface area contributed by atoms with Crippen LogP contribution in [0.4, 0.5) is 0 Å². The van der Waals surface area contributed by atoms with Crippen LogP contribution in [0.1, 0.15) is 24.8 Å². The van der Waals surface area contributed by atoms with Gasteiger partial charge in [0, 0.05) is 16.6 Å². The first-order valence-electron chi connectivity index (χ1n) is 5.88. The predicted octanol–water partition coefficient (Wildman–Crippen LogP) is 2.53. The molecule has 0 aliphatic carbocycles. The van der Waals surface area contributed by atoms with E-state index in [0.717, 1.165) is 24.9 Å². The maximum Gasteiger partial charge on any atom is 0.307 e. The second kappa shape index (κ2) is 6.03. The van der Waals surface area contributed by atoms with Gasteiger partial charge in [0.2, 0.25) is 0 Å². The molecule has 1 aliphatic heterocycles. The van der Waals surface area contributed by atoms with Crippen LogP contribution in [-0.2, 0) is 16.1 Å². The van der Waals surface area contributed by atoms with Crippen molar-refractivity contribution in [3.63, 3.8) is 0 Å². The number of ether oxygens (including phenoxy) is 1. The Morgan fingerprint density at radius 1 is 1.47 bits per heavy atom. The number of carbonyl (C=O) groups is 1. The summed E-state index contributed by atoms with van der Waals surface area (Å²) in [7, 11) is 0. The van der Waals surface area contributed by atoms with Gasteiger partial charge >= 0.3 is 5.97 Å². The van der Waals surface area contributed by atoms with E-state index in [0.29, 0.717) is 11.4 Å². The standard InChI is InChI=1S/C13H16ClNO2/c14-12-6-2-1-4-10(12)9-17-13(16)8-11-5-3-7-15-11/h1-2,4,6,11,15H,3,5,7-9H2. The van der Waals surface area contributed by atoms with Crippen molar-refractivity contribution in [2.24, 2.45) is 0 Å². The Kier molecular flexibility index (Phi) is 4.40. The third-order valence-electron chi connectivity index (χ3n) is 2.92. The van der Waals surface area contributed by atoms with Gasteiger partial charge < -0.3 is 10.1 Å². The number of benzene rings is 1. The quantitative estimate of drug-likeness (QED) is 0.838. The fourth-order valence-electron chi connectivity index (χ4n) is 1.96. The van der Waals surface area contributed by atoms with Crippen LogP contribution in [0.2, 0.25) is 5.02 Å². The molecule has 1 aromatic carbocycles. The van der Waals surface area contributed by atoms with Crippen LogP contribution in [0, 0.1) is 0 Å². The smallest absolute Gasteiger partial charge is 0.307 e. The normalized spacial score (nSPS) is 19.2. The second-order valence-corrected chi connectivity index (χ2v) is 4.66. The maximum atomic E-state index is 11.6. The molecular weight excluding hydrogens is 238 g/mol. The van der Waals surface area contributed by atoms with Gasteiger partial charge in [-0.3, -0.25) is 4.79 Å². The lowest BCUT2D eigenvalue weighted by Gasteiger charge is -2.10. The molecule has 0 spiro atoms. The predicted molar refractivity (Wildman–Crippen MR) is 66.9 cm³/mol. The zero-order valence-corrected chi connectivity index (χ0v) is 10.4. The Bertz CT molecular complexity index is 389. The van der Waals surface area contributed by atoms with Gasteiger partial charge in [0.15, 0.2) is 0 Å². The van der Waals surface area contributed by atoms with Gasteiger partial charge in [-0.1, -0.05) is 29.8 Å². The Morgan fingerprint density at radius 3 is 3.00 bits per heavy atom. The summed E-state index contributed by atoms with van der Waals surface area (Å²) in [5, 5.41) is 3.91. The summed E-state index contributed by atoms with van der Waals surface area (Å²) in [4.78, 5) is 11.6. The van der Waals surface area contributed by atoms with Gasteiger partial charge in [-0.05, 0) is 25.5 Å². The molecule has 0 amide bonds. The molecule has 2 rings (SSSR count). The minimum absolute atomic E-state index is 0.163. The van der Waals surface area contributed by atoms with Gasteiger partial charge in [0.1, 0.15) is 6.61 Å². The van der Waals surface area contributed by atoms with Crippen molar-refractivity contribution >= 4 is 17.6 Å². The molecule has 92 valence electrons. The molecule has 1 heterocycles. The lowest BCUT2D eigenvalue weighted by atomic mass is 10.1. The molecule has 3 nitrogen and oxygen atoms in total. The number of nitrogens with one attached hydrogen (secondary N) is 1. The van der Waals surface area contributed by atoms with Crippen molar-refractivity contribution in [1.29, 1.82) is 0 Å². The first-order valence-corrected chi connectivity index (χ1v) is 6.26. The highest BCUT2D eigenvalue weighted by atomic mass is 35.5. The van der Waals surface area contributed by atoms with Gasteiger partial charge in [-0.25, -0.2) is 0 Å². The van der Waals surface area contributed by atoms with E-state index < -0.39 is 0 Å². The average molecular weight is 254 g/mol. The summed E-state index contributed by atoms with van der Waals surface area (Å²) in [5.74, 6) is -0.163. The Balaban J connectivity index is 1.77. The summed E-state index contributed by atoms with van der Waals surface area (Å²) in [6.45, 7) is 1.26. The van der Waals surface area contributed by atoms with Crippen LogP contribution in [0.3, 0.4) is 0 Å². The maximum absolute atomic E-state index is 11.6. The number of rotatable bonds is 4. The van der Waals surface area contributed by atoms with Crippen LogP contribution < -0.4 is 5.32 Å². The summed E-state index contributed by atoms with van der Waals surface area (Å²) in [5.41, 5.74) is 0.849. The molecule has 1 aliphatic rings. The van der Waals surface area contributed by atoms with E-state index in [-0.39, 0.29) is 18.6 Å². The summed E-state index contributed by atoms with van der Waals surface area (Å²) in [6, 6.07) is 7.69. The van der Waals surface area contributed by atoms with E-state index in [9.17, 15) is 4.79 Å². The highest BCUT2D eigenvalue weighted by molar-refractivity contribution is 6.31. The molecule has 1 aromatic rings. The fraction of sp³-hybridized carbons (Fsp3) is 0.462. The topological polar surface area (TPSA) is 38.3 Å². The Morgan fingerprint density at radius 2 is 2.29 bits per heavy atom. The van der Waals surface area contributed by atoms with E-state index in [4.69, 9.17) is 16.3 Å². The molecule has 4 heteroatoms. The highest BCUT2D eigenvalue weighted by Crippen LogP contribution is 2.16. The summed E-state index contributed by atoms with van der Waals surface area (Å²) >= 11 is 5.97. The number of hydrogen-bond donors (Lipinski definition) is 1. The summed E-state index contributed by atoms with van der Waals surface area (Å²) < 4.78 is 5.21. The third kappa shape index (κ3) is 3.72. The summed E-state index contributed by atoms with van der Waals surface area (Å²) in [6.07, 6.45) is 2.65. The number of halogens is 1. The van der Waals surface area contributed by atoms with Crippen LogP contribution in [0.15, 0.2) is 24.3 Å². The van der Waals surface area contributed by atoms with Crippen molar-refractivity contribution in [2.45, 2.75) is 31.9 Å². The SMILES string of the molecule is O=C(CC1CCCN1)OCc1ccccc1Cl. The van der Waals surface area contributed by atoms with Crippen molar-refractivity contribution in [3.8, 4) is 0 Å². The molecule has 1 unspecified atom stereocenters. The molecule has 0 bridgehead atoms. The van der Waals surface area contributed by atoms with E-state index in [1.807, 2.05) is 18.2 Å². The Labute approximate surface area is 106 Å². The minimum Gasteiger partial charge on any atom is -0.461 e. The first kappa shape index (κ1) is 12.4. The number of hydrogen-bond acceptors (Lipinski definition) is 3. The Hall–Kier alpha value is -1.06. The monoisotopic (exact) mass is 253 g/mol. The molecule has 1 atom stereocenters. The fourth-order valence-corrected chi connectivity index (χ4v) is 2.16. The second-order valence-electron chi connectivity index (χ2n) is 4.25. The molecular formula is C13H16ClNO2. The van der Waals surface area contributed by atoms with Crippen molar-refractivity contribution in [2.75, 3.05) is 6.54 Å². The molecule has 17 heavy (non-hydrogen) atoms. The molecule has 1 N–H and O–H groups in total. The van der Waals surface area contributed by atoms with Crippen LogP contribution in [0.5, 0.6) is 0 Å². The van der Waals surface area contributed by atoms with Crippen molar-refractivity contribution in [3.05, 3.63) is 34.9 Å². The molecule has 0 saturated carbocycles. The molecule has 1 fully saturated rings. The lowest BCUT2D eigenvalue weighted by molar-refractivity contribution is -0.145. The van der Waals surface area contributed by atoms with Crippen molar-refractivity contribution < 1.29 is 9.53 Å². The number of esters is 1. The van der Waals surface area contributed by atoms with Crippen molar-refractivity contribution in [1.82, 2.24) is 5.32 Å². The molecule has 0 radical (unpaired) electrons.